The summed E-state index contributed by atoms with van der Waals surface area (Å²) in [7, 11) is 1.55. The summed E-state index contributed by atoms with van der Waals surface area (Å²) in [6, 6.07) is 14.2. The number of carbonyl (C=O) groups is 3. The number of nitrogens with one attached hydrogen (secondary N) is 3. The van der Waals surface area contributed by atoms with Crippen molar-refractivity contribution in [2.45, 2.75) is 20.0 Å². The van der Waals surface area contributed by atoms with Crippen LogP contribution in [0, 0.1) is 6.92 Å². The SMILES string of the molecule is COC(CNC(=O)C(=O)Nc1cccc(NC(C)=O)c1)c1ccccc1C. The second-order valence-electron chi connectivity index (χ2n) is 6.01. The first-order valence-electron chi connectivity index (χ1n) is 8.46. The van der Waals surface area contributed by atoms with Gasteiger partial charge < -0.3 is 20.7 Å². The highest BCUT2D eigenvalue weighted by Gasteiger charge is 2.18. The average Bonchev–Trinajstić information content (AvgIpc) is 2.63. The van der Waals surface area contributed by atoms with Gasteiger partial charge >= 0.3 is 11.8 Å². The van der Waals surface area contributed by atoms with E-state index in [0.717, 1.165) is 11.1 Å². The summed E-state index contributed by atoms with van der Waals surface area (Å²) in [5.74, 6) is -1.79. The van der Waals surface area contributed by atoms with Gasteiger partial charge in [-0.2, -0.15) is 0 Å². The first-order valence-corrected chi connectivity index (χ1v) is 8.46. The van der Waals surface area contributed by atoms with E-state index >= 15 is 0 Å². The van der Waals surface area contributed by atoms with Gasteiger partial charge in [0.05, 0.1) is 6.10 Å². The van der Waals surface area contributed by atoms with Crippen molar-refractivity contribution in [1.82, 2.24) is 5.32 Å². The van der Waals surface area contributed by atoms with E-state index in [2.05, 4.69) is 16.0 Å². The molecular weight excluding hydrogens is 346 g/mol. The van der Waals surface area contributed by atoms with Gasteiger partial charge in [0.15, 0.2) is 0 Å². The molecule has 3 amide bonds. The first-order chi connectivity index (χ1) is 12.9. The molecule has 0 aliphatic rings. The van der Waals surface area contributed by atoms with E-state index in [1.54, 1.807) is 31.4 Å². The molecule has 0 bridgehead atoms. The van der Waals surface area contributed by atoms with Gasteiger partial charge in [0.1, 0.15) is 0 Å². The molecule has 142 valence electrons. The first kappa shape index (κ1) is 20.1. The summed E-state index contributed by atoms with van der Waals surface area (Å²) in [4.78, 5) is 35.3. The topological polar surface area (TPSA) is 96.5 Å². The van der Waals surface area contributed by atoms with Crippen molar-refractivity contribution in [3.63, 3.8) is 0 Å². The molecule has 1 unspecified atom stereocenters. The Morgan fingerprint density at radius 3 is 2.26 bits per heavy atom. The Kier molecular flexibility index (Phi) is 7.08. The number of anilines is 2. The number of ether oxygens (including phenoxy) is 1. The van der Waals surface area contributed by atoms with Crippen molar-refractivity contribution in [2.75, 3.05) is 24.3 Å². The van der Waals surface area contributed by atoms with Crippen molar-refractivity contribution in [3.8, 4) is 0 Å². The predicted octanol–water partition coefficient (Wildman–Crippen LogP) is 2.40. The Labute approximate surface area is 158 Å². The number of hydrogen-bond acceptors (Lipinski definition) is 4. The highest BCUT2D eigenvalue weighted by molar-refractivity contribution is 6.39. The van der Waals surface area contributed by atoms with Crippen LogP contribution in [0.5, 0.6) is 0 Å². The molecule has 0 saturated heterocycles. The molecule has 3 N–H and O–H groups in total. The van der Waals surface area contributed by atoms with E-state index in [9.17, 15) is 14.4 Å². The molecule has 0 saturated carbocycles. The fourth-order valence-corrected chi connectivity index (χ4v) is 2.60. The Bertz CT molecular complexity index is 835. The minimum atomic E-state index is -0.797. The molecule has 0 aromatic heterocycles. The van der Waals surface area contributed by atoms with E-state index in [-0.39, 0.29) is 18.6 Å². The number of amides is 3. The summed E-state index contributed by atoms with van der Waals surface area (Å²) >= 11 is 0. The second-order valence-corrected chi connectivity index (χ2v) is 6.01. The Morgan fingerprint density at radius 2 is 1.63 bits per heavy atom. The second kappa shape index (κ2) is 9.49. The monoisotopic (exact) mass is 369 g/mol. The lowest BCUT2D eigenvalue weighted by molar-refractivity contribution is -0.136. The third-order valence-corrected chi connectivity index (χ3v) is 3.91. The summed E-state index contributed by atoms with van der Waals surface area (Å²) in [5.41, 5.74) is 2.92. The fourth-order valence-electron chi connectivity index (χ4n) is 2.60. The maximum atomic E-state index is 12.1. The van der Waals surface area contributed by atoms with Gasteiger partial charge in [-0.1, -0.05) is 30.3 Å². The maximum Gasteiger partial charge on any atom is 0.313 e. The number of benzene rings is 2. The molecule has 7 nitrogen and oxygen atoms in total. The summed E-state index contributed by atoms with van der Waals surface area (Å²) in [6.45, 7) is 3.51. The molecule has 0 aliphatic carbocycles. The molecule has 0 aliphatic heterocycles. The molecule has 2 aromatic carbocycles. The minimum absolute atomic E-state index is 0.166. The van der Waals surface area contributed by atoms with Crippen molar-refractivity contribution in [1.29, 1.82) is 0 Å². The highest BCUT2D eigenvalue weighted by atomic mass is 16.5. The largest absolute Gasteiger partial charge is 0.375 e. The van der Waals surface area contributed by atoms with Crippen LogP contribution in [-0.4, -0.2) is 31.4 Å². The molecule has 2 rings (SSSR count). The van der Waals surface area contributed by atoms with Gasteiger partial charge in [0, 0.05) is 32.0 Å². The predicted molar refractivity (Wildman–Crippen MR) is 103 cm³/mol. The quantitative estimate of drug-likeness (QED) is 0.681. The van der Waals surface area contributed by atoms with Crippen LogP contribution in [0.1, 0.15) is 24.2 Å². The lowest BCUT2D eigenvalue weighted by atomic mass is 10.0. The minimum Gasteiger partial charge on any atom is -0.375 e. The Morgan fingerprint density at radius 1 is 0.963 bits per heavy atom. The van der Waals surface area contributed by atoms with Crippen molar-refractivity contribution >= 4 is 29.1 Å². The van der Waals surface area contributed by atoms with Crippen LogP contribution < -0.4 is 16.0 Å². The smallest absolute Gasteiger partial charge is 0.313 e. The summed E-state index contributed by atoms with van der Waals surface area (Å²) in [6.07, 6.45) is -0.356. The molecular formula is C20H23N3O4. The summed E-state index contributed by atoms with van der Waals surface area (Å²) in [5, 5.41) is 7.70. The normalized spacial score (nSPS) is 11.4. The van der Waals surface area contributed by atoms with E-state index in [1.807, 2.05) is 31.2 Å². The van der Waals surface area contributed by atoms with Crippen LogP contribution >= 0.6 is 0 Å². The van der Waals surface area contributed by atoms with E-state index in [4.69, 9.17) is 4.74 Å². The van der Waals surface area contributed by atoms with E-state index < -0.39 is 11.8 Å². The average molecular weight is 369 g/mol. The van der Waals surface area contributed by atoms with Gasteiger partial charge in [-0.05, 0) is 36.2 Å². The zero-order chi connectivity index (χ0) is 19.8. The Hall–Kier alpha value is -3.19. The van der Waals surface area contributed by atoms with Crippen LogP contribution in [-0.2, 0) is 19.1 Å². The molecule has 27 heavy (non-hydrogen) atoms. The molecule has 7 heteroatoms. The molecule has 2 aromatic rings. The highest BCUT2D eigenvalue weighted by Crippen LogP contribution is 2.19. The fraction of sp³-hybridized carbons (Fsp3) is 0.250. The molecule has 0 heterocycles. The lowest BCUT2D eigenvalue weighted by Gasteiger charge is -2.18. The van der Waals surface area contributed by atoms with Gasteiger partial charge in [-0.25, -0.2) is 0 Å². The lowest BCUT2D eigenvalue weighted by Crippen LogP contribution is -2.38. The third-order valence-electron chi connectivity index (χ3n) is 3.91. The van der Waals surface area contributed by atoms with Gasteiger partial charge in [0.2, 0.25) is 5.91 Å². The number of aryl methyl sites for hydroxylation is 1. The van der Waals surface area contributed by atoms with Crippen molar-refractivity contribution in [2.24, 2.45) is 0 Å². The van der Waals surface area contributed by atoms with Crippen LogP contribution in [0.4, 0.5) is 11.4 Å². The third kappa shape index (κ3) is 5.93. The van der Waals surface area contributed by atoms with E-state index in [0.29, 0.717) is 11.4 Å². The van der Waals surface area contributed by atoms with E-state index in [1.165, 1.54) is 6.92 Å². The van der Waals surface area contributed by atoms with Crippen LogP contribution in [0.15, 0.2) is 48.5 Å². The standard InChI is InChI=1S/C20H23N3O4/c1-13-7-4-5-10-17(13)18(27-3)12-21-19(25)20(26)23-16-9-6-8-15(11-16)22-14(2)24/h4-11,18H,12H2,1-3H3,(H,21,25)(H,22,24)(H,23,26). The number of hydrogen-bond donors (Lipinski definition) is 3. The van der Waals surface area contributed by atoms with Gasteiger partial charge in [-0.3, -0.25) is 14.4 Å². The number of rotatable bonds is 6. The van der Waals surface area contributed by atoms with Gasteiger partial charge in [-0.15, -0.1) is 0 Å². The molecule has 0 radical (unpaired) electrons. The number of methoxy groups -OCH3 is 1. The number of carbonyl (C=O) groups excluding carboxylic acids is 3. The van der Waals surface area contributed by atoms with Crippen LogP contribution in [0.2, 0.25) is 0 Å². The molecule has 0 fully saturated rings. The van der Waals surface area contributed by atoms with Crippen LogP contribution in [0.3, 0.4) is 0 Å². The summed E-state index contributed by atoms with van der Waals surface area (Å²) < 4.78 is 5.43. The van der Waals surface area contributed by atoms with Crippen LogP contribution in [0.25, 0.3) is 0 Å². The molecule has 0 spiro atoms. The Balaban J connectivity index is 1.94. The maximum absolute atomic E-state index is 12.1. The zero-order valence-corrected chi connectivity index (χ0v) is 15.5. The zero-order valence-electron chi connectivity index (χ0n) is 15.5. The molecule has 1 atom stereocenters. The van der Waals surface area contributed by atoms with Crippen molar-refractivity contribution < 1.29 is 19.1 Å². The van der Waals surface area contributed by atoms with Crippen molar-refractivity contribution in [3.05, 3.63) is 59.7 Å². The van der Waals surface area contributed by atoms with Gasteiger partial charge in [0.25, 0.3) is 0 Å².